The molecule has 1 aliphatic heterocycles. The summed E-state index contributed by atoms with van der Waals surface area (Å²) in [5.41, 5.74) is 1.79. The summed E-state index contributed by atoms with van der Waals surface area (Å²) in [6, 6.07) is 7.34. The SMILES string of the molecule is CCOC(=O)c1c(-c2ccccc2Cl)csc1NC(=O)CN1CCCCCC1. The maximum atomic E-state index is 12.6. The molecular formula is C21H25ClN2O3S. The highest BCUT2D eigenvalue weighted by Crippen LogP contribution is 2.39. The van der Waals surface area contributed by atoms with E-state index in [1.54, 1.807) is 13.0 Å². The molecule has 1 N–H and O–H groups in total. The van der Waals surface area contributed by atoms with E-state index in [2.05, 4.69) is 10.2 Å². The molecule has 1 aliphatic rings. The summed E-state index contributed by atoms with van der Waals surface area (Å²) in [6.07, 6.45) is 4.68. The van der Waals surface area contributed by atoms with Crippen LogP contribution in [0.1, 0.15) is 43.0 Å². The van der Waals surface area contributed by atoms with Crippen molar-refractivity contribution in [3.05, 3.63) is 40.2 Å². The number of carbonyl (C=O) groups excluding carboxylic acids is 2. The number of hydrogen-bond donors (Lipinski definition) is 1. The molecule has 2 heterocycles. The number of likely N-dealkylation sites (tertiary alicyclic amines) is 1. The zero-order chi connectivity index (χ0) is 19.9. The van der Waals surface area contributed by atoms with E-state index in [4.69, 9.17) is 16.3 Å². The number of anilines is 1. The molecule has 0 spiro atoms. The Morgan fingerprint density at radius 3 is 2.54 bits per heavy atom. The zero-order valence-corrected chi connectivity index (χ0v) is 17.6. The summed E-state index contributed by atoms with van der Waals surface area (Å²) in [5.74, 6) is -0.566. The first-order valence-electron chi connectivity index (χ1n) is 9.66. The Morgan fingerprint density at radius 1 is 1.14 bits per heavy atom. The van der Waals surface area contributed by atoms with Crippen LogP contribution in [0.3, 0.4) is 0 Å². The number of ether oxygens (including phenoxy) is 1. The minimum absolute atomic E-state index is 0.111. The summed E-state index contributed by atoms with van der Waals surface area (Å²) in [7, 11) is 0. The van der Waals surface area contributed by atoms with Gasteiger partial charge in [0.2, 0.25) is 5.91 Å². The van der Waals surface area contributed by atoms with Gasteiger partial charge < -0.3 is 10.1 Å². The minimum atomic E-state index is -0.455. The number of carbonyl (C=O) groups is 2. The van der Waals surface area contributed by atoms with Gasteiger partial charge in [0, 0.05) is 21.5 Å². The lowest BCUT2D eigenvalue weighted by Gasteiger charge is -2.19. The van der Waals surface area contributed by atoms with Crippen molar-refractivity contribution in [2.75, 3.05) is 31.6 Å². The van der Waals surface area contributed by atoms with E-state index in [1.807, 2.05) is 23.6 Å². The van der Waals surface area contributed by atoms with E-state index in [-0.39, 0.29) is 12.5 Å². The number of nitrogens with zero attached hydrogens (tertiary/aromatic N) is 1. The van der Waals surface area contributed by atoms with Crippen molar-refractivity contribution in [2.45, 2.75) is 32.6 Å². The highest BCUT2D eigenvalue weighted by Gasteiger charge is 2.24. The van der Waals surface area contributed by atoms with Gasteiger partial charge in [0.15, 0.2) is 0 Å². The molecule has 0 saturated carbocycles. The Morgan fingerprint density at radius 2 is 1.86 bits per heavy atom. The van der Waals surface area contributed by atoms with Crippen LogP contribution in [0.2, 0.25) is 5.02 Å². The molecule has 1 saturated heterocycles. The lowest BCUT2D eigenvalue weighted by molar-refractivity contribution is -0.117. The van der Waals surface area contributed by atoms with Crippen molar-refractivity contribution in [1.29, 1.82) is 0 Å². The van der Waals surface area contributed by atoms with Gasteiger partial charge in [-0.25, -0.2) is 4.79 Å². The molecule has 2 aromatic rings. The number of esters is 1. The molecular weight excluding hydrogens is 396 g/mol. The molecule has 5 nitrogen and oxygen atoms in total. The van der Waals surface area contributed by atoms with Gasteiger partial charge in [0.05, 0.1) is 13.2 Å². The molecule has 3 rings (SSSR count). The summed E-state index contributed by atoms with van der Waals surface area (Å²) in [4.78, 5) is 27.4. The molecule has 0 unspecified atom stereocenters. The lowest BCUT2D eigenvalue weighted by Crippen LogP contribution is -2.34. The maximum absolute atomic E-state index is 12.6. The van der Waals surface area contributed by atoms with Crippen LogP contribution in [0, 0.1) is 0 Å². The van der Waals surface area contributed by atoms with Gasteiger partial charge in [0.25, 0.3) is 0 Å². The Labute approximate surface area is 174 Å². The van der Waals surface area contributed by atoms with E-state index in [9.17, 15) is 9.59 Å². The Hall–Kier alpha value is -1.89. The van der Waals surface area contributed by atoms with Crippen molar-refractivity contribution in [3.63, 3.8) is 0 Å². The van der Waals surface area contributed by atoms with Crippen LogP contribution in [-0.2, 0) is 9.53 Å². The van der Waals surface area contributed by atoms with Gasteiger partial charge >= 0.3 is 5.97 Å². The fourth-order valence-corrected chi connectivity index (χ4v) is 4.60. The molecule has 0 aliphatic carbocycles. The van der Waals surface area contributed by atoms with E-state index in [1.165, 1.54) is 24.2 Å². The number of amides is 1. The average molecular weight is 421 g/mol. The van der Waals surface area contributed by atoms with Crippen LogP contribution < -0.4 is 5.32 Å². The molecule has 1 aromatic carbocycles. The molecule has 7 heteroatoms. The highest BCUT2D eigenvalue weighted by atomic mass is 35.5. The molecule has 0 radical (unpaired) electrons. The van der Waals surface area contributed by atoms with Gasteiger partial charge in [-0.15, -0.1) is 11.3 Å². The Bertz CT molecular complexity index is 829. The first-order chi connectivity index (χ1) is 13.6. The topological polar surface area (TPSA) is 58.6 Å². The number of nitrogens with one attached hydrogen (secondary N) is 1. The first-order valence-corrected chi connectivity index (χ1v) is 10.9. The van der Waals surface area contributed by atoms with Gasteiger partial charge in [-0.3, -0.25) is 9.69 Å². The highest BCUT2D eigenvalue weighted by molar-refractivity contribution is 7.15. The number of halogens is 1. The van der Waals surface area contributed by atoms with Crippen molar-refractivity contribution < 1.29 is 14.3 Å². The molecule has 1 aromatic heterocycles. The van der Waals surface area contributed by atoms with Crippen LogP contribution in [0.4, 0.5) is 5.00 Å². The van der Waals surface area contributed by atoms with Crippen molar-refractivity contribution in [1.82, 2.24) is 4.90 Å². The number of benzene rings is 1. The predicted octanol–water partition coefficient (Wildman–Crippen LogP) is 5.06. The quantitative estimate of drug-likeness (QED) is 0.663. The second-order valence-corrected chi connectivity index (χ2v) is 8.08. The number of hydrogen-bond acceptors (Lipinski definition) is 5. The standard InChI is InChI=1S/C21H25ClN2O3S/c1-2-27-21(26)19-16(15-9-5-6-10-17(15)22)14-28-20(19)23-18(25)13-24-11-7-3-4-8-12-24/h5-6,9-10,14H,2-4,7-8,11-13H2,1H3,(H,23,25). The van der Waals surface area contributed by atoms with E-state index < -0.39 is 5.97 Å². The number of thiophene rings is 1. The molecule has 0 atom stereocenters. The normalized spacial score (nSPS) is 15.1. The fraction of sp³-hybridized carbons (Fsp3) is 0.429. The second-order valence-electron chi connectivity index (χ2n) is 6.79. The van der Waals surface area contributed by atoms with Crippen LogP contribution in [0.5, 0.6) is 0 Å². The molecule has 1 amide bonds. The summed E-state index contributed by atoms with van der Waals surface area (Å²) >= 11 is 7.65. The van der Waals surface area contributed by atoms with Crippen molar-refractivity contribution in [2.24, 2.45) is 0 Å². The molecule has 150 valence electrons. The third kappa shape index (κ3) is 5.13. The smallest absolute Gasteiger partial charge is 0.341 e. The lowest BCUT2D eigenvalue weighted by atomic mass is 10.0. The third-order valence-corrected chi connectivity index (χ3v) is 5.98. The maximum Gasteiger partial charge on any atom is 0.341 e. The van der Waals surface area contributed by atoms with Crippen LogP contribution in [0.25, 0.3) is 11.1 Å². The van der Waals surface area contributed by atoms with Crippen LogP contribution in [-0.4, -0.2) is 43.0 Å². The van der Waals surface area contributed by atoms with E-state index in [0.717, 1.165) is 31.5 Å². The second kappa shape index (κ2) is 10.0. The number of rotatable bonds is 6. The fourth-order valence-electron chi connectivity index (χ4n) is 3.40. The molecule has 1 fully saturated rings. The monoisotopic (exact) mass is 420 g/mol. The first kappa shape index (κ1) is 20.8. The van der Waals surface area contributed by atoms with Crippen LogP contribution in [0.15, 0.2) is 29.6 Å². The molecule has 28 heavy (non-hydrogen) atoms. The molecule has 0 bridgehead atoms. The summed E-state index contributed by atoms with van der Waals surface area (Å²) in [6.45, 7) is 4.23. The van der Waals surface area contributed by atoms with Gasteiger partial charge in [-0.2, -0.15) is 0 Å². The zero-order valence-electron chi connectivity index (χ0n) is 16.0. The van der Waals surface area contributed by atoms with Gasteiger partial charge in [-0.05, 0) is 38.9 Å². The summed E-state index contributed by atoms with van der Waals surface area (Å²) in [5, 5.41) is 5.82. The van der Waals surface area contributed by atoms with E-state index in [0.29, 0.717) is 27.7 Å². The summed E-state index contributed by atoms with van der Waals surface area (Å²) < 4.78 is 5.24. The Kier molecular flexibility index (Phi) is 7.48. The predicted molar refractivity (Wildman–Crippen MR) is 114 cm³/mol. The van der Waals surface area contributed by atoms with E-state index >= 15 is 0 Å². The third-order valence-electron chi connectivity index (χ3n) is 4.75. The van der Waals surface area contributed by atoms with Crippen molar-refractivity contribution in [3.8, 4) is 11.1 Å². The van der Waals surface area contributed by atoms with Gasteiger partial charge in [0.1, 0.15) is 10.6 Å². The van der Waals surface area contributed by atoms with Crippen molar-refractivity contribution >= 4 is 39.8 Å². The average Bonchev–Trinajstić information content (AvgIpc) is 2.90. The van der Waals surface area contributed by atoms with Crippen LogP contribution >= 0.6 is 22.9 Å². The minimum Gasteiger partial charge on any atom is -0.462 e. The van der Waals surface area contributed by atoms with Gasteiger partial charge in [-0.1, -0.05) is 42.6 Å². The Balaban J connectivity index is 1.83. The largest absolute Gasteiger partial charge is 0.462 e.